The highest BCUT2D eigenvalue weighted by Gasteiger charge is 2.14. The first-order valence-electron chi connectivity index (χ1n) is 7.44. The van der Waals surface area contributed by atoms with Crippen molar-refractivity contribution in [2.75, 3.05) is 26.2 Å². The van der Waals surface area contributed by atoms with E-state index < -0.39 is 0 Å². The Labute approximate surface area is 118 Å². The standard InChI is InChI=1S/C15H32N2O2/c1-7-17(8-2)11-9-10-13(3)16-14(18)12-19-15(4,5)6/h13H,7-12H2,1-6H3,(H,16,18). The van der Waals surface area contributed by atoms with E-state index in [1.165, 1.54) is 0 Å². The first kappa shape index (κ1) is 18.4. The Hall–Kier alpha value is -0.610. The van der Waals surface area contributed by atoms with Crippen LogP contribution in [0.1, 0.15) is 54.4 Å². The van der Waals surface area contributed by atoms with Gasteiger partial charge in [0.05, 0.1) is 5.60 Å². The molecular formula is C15H32N2O2. The molecule has 1 unspecified atom stereocenters. The van der Waals surface area contributed by atoms with Crippen LogP contribution in [0.2, 0.25) is 0 Å². The number of hydrogen-bond donors (Lipinski definition) is 1. The van der Waals surface area contributed by atoms with Gasteiger partial charge in [0, 0.05) is 6.04 Å². The van der Waals surface area contributed by atoms with Gasteiger partial charge >= 0.3 is 0 Å². The molecule has 4 nitrogen and oxygen atoms in total. The summed E-state index contributed by atoms with van der Waals surface area (Å²) in [5.41, 5.74) is -0.261. The van der Waals surface area contributed by atoms with Gasteiger partial charge in [-0.3, -0.25) is 4.79 Å². The zero-order valence-corrected chi connectivity index (χ0v) is 13.6. The van der Waals surface area contributed by atoms with Crippen LogP contribution >= 0.6 is 0 Å². The normalized spacial score (nSPS) is 13.6. The van der Waals surface area contributed by atoms with Gasteiger partial charge in [0.2, 0.25) is 5.91 Å². The predicted molar refractivity (Wildman–Crippen MR) is 80.3 cm³/mol. The lowest BCUT2D eigenvalue weighted by Gasteiger charge is -2.21. The largest absolute Gasteiger partial charge is 0.366 e. The molecule has 0 rings (SSSR count). The molecule has 1 amide bonds. The molecule has 0 aliphatic heterocycles. The van der Waals surface area contributed by atoms with E-state index in [1.54, 1.807) is 0 Å². The van der Waals surface area contributed by atoms with Crippen molar-refractivity contribution in [2.45, 2.75) is 66.0 Å². The number of ether oxygens (including phenoxy) is 1. The maximum absolute atomic E-state index is 11.7. The third kappa shape index (κ3) is 11.0. The van der Waals surface area contributed by atoms with Crippen molar-refractivity contribution in [2.24, 2.45) is 0 Å². The van der Waals surface area contributed by atoms with E-state index in [9.17, 15) is 4.79 Å². The molecule has 0 bridgehead atoms. The molecule has 4 heteroatoms. The summed E-state index contributed by atoms with van der Waals surface area (Å²) in [4.78, 5) is 14.1. The van der Waals surface area contributed by atoms with Gasteiger partial charge in [0.15, 0.2) is 0 Å². The van der Waals surface area contributed by atoms with Gasteiger partial charge in [-0.1, -0.05) is 13.8 Å². The van der Waals surface area contributed by atoms with Gasteiger partial charge in [-0.25, -0.2) is 0 Å². The highest BCUT2D eigenvalue weighted by atomic mass is 16.5. The molecule has 0 fully saturated rings. The van der Waals surface area contributed by atoms with Gasteiger partial charge in [-0.15, -0.1) is 0 Å². The summed E-state index contributed by atoms with van der Waals surface area (Å²) in [6, 6.07) is 0.214. The SMILES string of the molecule is CCN(CC)CCCC(C)NC(=O)COC(C)(C)C. The molecule has 0 radical (unpaired) electrons. The maximum atomic E-state index is 11.7. The van der Waals surface area contributed by atoms with E-state index in [1.807, 2.05) is 20.8 Å². The van der Waals surface area contributed by atoms with Crippen molar-refractivity contribution in [1.29, 1.82) is 0 Å². The second-order valence-corrected chi connectivity index (χ2v) is 6.04. The lowest BCUT2D eigenvalue weighted by molar-refractivity contribution is -0.131. The van der Waals surface area contributed by atoms with Crippen LogP contribution in [-0.4, -0.2) is 48.7 Å². The fraction of sp³-hybridized carbons (Fsp3) is 0.933. The number of hydrogen-bond acceptors (Lipinski definition) is 3. The fourth-order valence-corrected chi connectivity index (χ4v) is 1.83. The Morgan fingerprint density at radius 2 is 1.84 bits per heavy atom. The molecule has 0 saturated heterocycles. The average Bonchev–Trinajstić information content (AvgIpc) is 2.31. The van der Waals surface area contributed by atoms with E-state index in [4.69, 9.17) is 4.74 Å². The van der Waals surface area contributed by atoms with Crippen LogP contribution in [-0.2, 0) is 9.53 Å². The molecule has 0 aromatic rings. The maximum Gasteiger partial charge on any atom is 0.246 e. The average molecular weight is 272 g/mol. The second kappa shape index (κ2) is 9.32. The lowest BCUT2D eigenvalue weighted by Crippen LogP contribution is -2.37. The summed E-state index contributed by atoms with van der Waals surface area (Å²) in [7, 11) is 0. The molecule has 1 N–H and O–H groups in total. The van der Waals surface area contributed by atoms with Crippen LogP contribution in [0.5, 0.6) is 0 Å². The Morgan fingerprint density at radius 3 is 2.32 bits per heavy atom. The summed E-state index contributed by atoms with van der Waals surface area (Å²) in [6.07, 6.45) is 2.13. The third-order valence-corrected chi connectivity index (χ3v) is 3.05. The first-order chi connectivity index (χ1) is 8.78. The first-order valence-corrected chi connectivity index (χ1v) is 7.44. The van der Waals surface area contributed by atoms with Crippen LogP contribution in [0.4, 0.5) is 0 Å². The summed E-state index contributed by atoms with van der Waals surface area (Å²) in [5, 5.41) is 2.98. The van der Waals surface area contributed by atoms with Crippen molar-refractivity contribution in [1.82, 2.24) is 10.2 Å². The Kier molecular flexibility index (Phi) is 9.02. The highest BCUT2D eigenvalue weighted by molar-refractivity contribution is 5.77. The van der Waals surface area contributed by atoms with Crippen LogP contribution < -0.4 is 5.32 Å². The van der Waals surface area contributed by atoms with Crippen LogP contribution in [0.25, 0.3) is 0 Å². The van der Waals surface area contributed by atoms with Gasteiger partial charge in [-0.2, -0.15) is 0 Å². The Bertz CT molecular complexity index is 245. The van der Waals surface area contributed by atoms with Gasteiger partial charge in [0.1, 0.15) is 6.61 Å². The van der Waals surface area contributed by atoms with E-state index in [0.29, 0.717) is 0 Å². The number of nitrogens with one attached hydrogen (secondary N) is 1. The van der Waals surface area contributed by atoms with Crippen molar-refractivity contribution in [3.05, 3.63) is 0 Å². The number of carbonyl (C=O) groups is 1. The number of nitrogens with zero attached hydrogens (tertiary/aromatic N) is 1. The van der Waals surface area contributed by atoms with Gasteiger partial charge in [-0.05, 0) is 60.2 Å². The number of carbonyl (C=O) groups excluding carboxylic acids is 1. The van der Waals surface area contributed by atoms with Crippen molar-refractivity contribution < 1.29 is 9.53 Å². The molecule has 0 aliphatic carbocycles. The highest BCUT2D eigenvalue weighted by Crippen LogP contribution is 2.06. The summed E-state index contributed by atoms with van der Waals surface area (Å²) in [5.74, 6) is -0.0229. The molecule has 0 heterocycles. The fourth-order valence-electron chi connectivity index (χ4n) is 1.83. The van der Waals surface area contributed by atoms with E-state index >= 15 is 0 Å². The molecule has 0 saturated carbocycles. The van der Waals surface area contributed by atoms with E-state index in [-0.39, 0.29) is 24.2 Å². The van der Waals surface area contributed by atoms with Crippen LogP contribution in [0, 0.1) is 0 Å². The van der Waals surface area contributed by atoms with Gasteiger partial charge < -0.3 is 15.0 Å². The minimum atomic E-state index is -0.261. The molecular weight excluding hydrogens is 240 g/mol. The van der Waals surface area contributed by atoms with Crippen molar-refractivity contribution >= 4 is 5.91 Å². The van der Waals surface area contributed by atoms with E-state index in [2.05, 4.69) is 31.0 Å². The summed E-state index contributed by atoms with van der Waals surface area (Å²) < 4.78 is 5.45. The van der Waals surface area contributed by atoms with E-state index in [0.717, 1.165) is 32.5 Å². The molecule has 19 heavy (non-hydrogen) atoms. The molecule has 114 valence electrons. The lowest BCUT2D eigenvalue weighted by atomic mass is 10.1. The third-order valence-electron chi connectivity index (χ3n) is 3.05. The van der Waals surface area contributed by atoms with Crippen molar-refractivity contribution in [3.8, 4) is 0 Å². The Balaban J connectivity index is 3.73. The molecule has 0 aromatic heterocycles. The quantitative estimate of drug-likeness (QED) is 0.701. The number of amides is 1. The molecule has 0 spiro atoms. The second-order valence-electron chi connectivity index (χ2n) is 6.04. The van der Waals surface area contributed by atoms with Gasteiger partial charge in [0.25, 0.3) is 0 Å². The molecule has 1 atom stereocenters. The summed E-state index contributed by atoms with van der Waals surface area (Å²) in [6.45, 7) is 15.7. The zero-order valence-electron chi connectivity index (χ0n) is 13.6. The number of rotatable bonds is 9. The summed E-state index contributed by atoms with van der Waals surface area (Å²) >= 11 is 0. The zero-order chi connectivity index (χ0) is 14.9. The van der Waals surface area contributed by atoms with Crippen LogP contribution in [0.3, 0.4) is 0 Å². The molecule has 0 aromatic carbocycles. The minimum absolute atomic E-state index is 0.0229. The minimum Gasteiger partial charge on any atom is -0.366 e. The van der Waals surface area contributed by atoms with Crippen LogP contribution in [0.15, 0.2) is 0 Å². The smallest absolute Gasteiger partial charge is 0.246 e. The monoisotopic (exact) mass is 272 g/mol. The molecule has 0 aliphatic rings. The van der Waals surface area contributed by atoms with Crippen molar-refractivity contribution in [3.63, 3.8) is 0 Å². The topological polar surface area (TPSA) is 41.6 Å². The Morgan fingerprint density at radius 1 is 1.26 bits per heavy atom. The predicted octanol–water partition coefficient (Wildman–Crippen LogP) is 2.43.